The van der Waals surface area contributed by atoms with E-state index >= 15 is 0 Å². The zero-order chi connectivity index (χ0) is 25.5. The highest BCUT2D eigenvalue weighted by Gasteiger charge is 2.30. The maximum atomic E-state index is 13.4. The van der Waals surface area contributed by atoms with E-state index in [2.05, 4.69) is 42.0 Å². The quantitative estimate of drug-likeness (QED) is 0.367. The summed E-state index contributed by atoms with van der Waals surface area (Å²) in [6.45, 7) is 12.3. The third kappa shape index (κ3) is 7.74. The third-order valence-corrected chi connectivity index (χ3v) is 6.82. The van der Waals surface area contributed by atoms with E-state index in [9.17, 15) is 9.59 Å². The molecule has 1 N–H and O–H groups in total. The van der Waals surface area contributed by atoms with Crippen LogP contribution in [0.15, 0.2) is 46.9 Å². The van der Waals surface area contributed by atoms with Gasteiger partial charge in [-0.25, -0.2) is 0 Å². The number of benzene rings is 2. The van der Waals surface area contributed by atoms with Crippen molar-refractivity contribution >= 4 is 39.3 Å². The van der Waals surface area contributed by atoms with E-state index in [-0.39, 0.29) is 36.4 Å². The second-order valence-electron chi connectivity index (χ2n) is 9.54. The van der Waals surface area contributed by atoms with Crippen LogP contribution in [0.4, 0.5) is 0 Å². The molecule has 0 saturated heterocycles. The number of ether oxygens (including phenoxy) is 1. The first-order valence-electron chi connectivity index (χ1n) is 11.7. The van der Waals surface area contributed by atoms with Crippen molar-refractivity contribution in [1.82, 2.24) is 10.2 Å². The Kier molecular flexibility index (Phi) is 10.4. The van der Waals surface area contributed by atoms with Gasteiger partial charge in [-0.05, 0) is 70.4 Å². The molecule has 0 aliphatic heterocycles. The molecular formula is C27H36BrClN2O3. The zero-order valence-corrected chi connectivity index (χ0v) is 23.3. The van der Waals surface area contributed by atoms with Crippen molar-refractivity contribution in [3.63, 3.8) is 0 Å². The molecule has 0 aliphatic rings. The number of nitrogens with zero attached hydrogens (tertiary/aromatic N) is 1. The van der Waals surface area contributed by atoms with Gasteiger partial charge in [-0.3, -0.25) is 9.59 Å². The SMILES string of the molecule is CC[C@@H](C)NC(=O)[C@@H](CC)N(Cc1ccccc1Cl)C(=O)COc1ccc(C(C)(C)C)cc1Br. The van der Waals surface area contributed by atoms with Gasteiger partial charge in [-0.1, -0.05) is 70.5 Å². The van der Waals surface area contributed by atoms with Gasteiger partial charge in [-0.2, -0.15) is 0 Å². The average molecular weight is 552 g/mol. The summed E-state index contributed by atoms with van der Waals surface area (Å²) in [6, 6.07) is 12.6. The number of nitrogens with one attached hydrogen (secondary N) is 1. The van der Waals surface area contributed by atoms with Gasteiger partial charge >= 0.3 is 0 Å². The molecular weight excluding hydrogens is 516 g/mol. The Hall–Kier alpha value is -2.05. The summed E-state index contributed by atoms with van der Waals surface area (Å²) in [5, 5.41) is 3.56. The smallest absolute Gasteiger partial charge is 0.261 e. The van der Waals surface area contributed by atoms with Crippen LogP contribution in [0.1, 0.15) is 65.5 Å². The van der Waals surface area contributed by atoms with Gasteiger partial charge in [0.05, 0.1) is 4.47 Å². The van der Waals surface area contributed by atoms with Crippen molar-refractivity contribution in [1.29, 1.82) is 0 Å². The second kappa shape index (κ2) is 12.6. The minimum absolute atomic E-state index is 0.0000442. The lowest BCUT2D eigenvalue weighted by atomic mass is 9.87. The number of hydrogen-bond donors (Lipinski definition) is 1. The van der Waals surface area contributed by atoms with E-state index in [4.69, 9.17) is 16.3 Å². The average Bonchev–Trinajstić information content (AvgIpc) is 2.78. The van der Waals surface area contributed by atoms with Crippen LogP contribution in [0.25, 0.3) is 0 Å². The lowest BCUT2D eigenvalue weighted by Crippen LogP contribution is -2.51. The molecule has 0 aromatic heterocycles. The first kappa shape index (κ1) is 28.2. The summed E-state index contributed by atoms with van der Waals surface area (Å²) in [5.41, 5.74) is 1.94. The highest BCUT2D eigenvalue weighted by atomic mass is 79.9. The first-order valence-corrected chi connectivity index (χ1v) is 12.9. The van der Waals surface area contributed by atoms with Gasteiger partial charge in [-0.15, -0.1) is 0 Å². The van der Waals surface area contributed by atoms with Crippen LogP contribution in [0.3, 0.4) is 0 Å². The van der Waals surface area contributed by atoms with Crippen molar-refractivity contribution < 1.29 is 14.3 Å². The predicted octanol–water partition coefficient (Wildman–Crippen LogP) is 6.50. The molecule has 0 heterocycles. The minimum atomic E-state index is -0.631. The highest BCUT2D eigenvalue weighted by molar-refractivity contribution is 9.10. The van der Waals surface area contributed by atoms with Crippen molar-refractivity contribution in [2.45, 2.75) is 78.4 Å². The van der Waals surface area contributed by atoms with Crippen molar-refractivity contribution in [2.75, 3.05) is 6.61 Å². The highest BCUT2D eigenvalue weighted by Crippen LogP contribution is 2.31. The fraction of sp³-hybridized carbons (Fsp3) is 0.481. The largest absolute Gasteiger partial charge is 0.483 e. The summed E-state index contributed by atoms with van der Waals surface area (Å²) in [4.78, 5) is 28.0. The molecule has 0 unspecified atom stereocenters. The monoisotopic (exact) mass is 550 g/mol. The Morgan fingerprint density at radius 1 is 1.12 bits per heavy atom. The maximum Gasteiger partial charge on any atom is 0.261 e. The zero-order valence-electron chi connectivity index (χ0n) is 21.0. The van der Waals surface area contributed by atoms with E-state index < -0.39 is 6.04 Å². The van der Waals surface area contributed by atoms with Gasteiger partial charge in [0.1, 0.15) is 11.8 Å². The Morgan fingerprint density at radius 2 is 1.79 bits per heavy atom. The molecule has 7 heteroatoms. The maximum absolute atomic E-state index is 13.4. The number of carbonyl (C=O) groups excluding carboxylic acids is 2. The fourth-order valence-electron chi connectivity index (χ4n) is 3.48. The molecule has 0 bridgehead atoms. The Morgan fingerprint density at radius 3 is 2.35 bits per heavy atom. The van der Waals surface area contributed by atoms with Crippen LogP contribution in [0.5, 0.6) is 5.75 Å². The summed E-state index contributed by atoms with van der Waals surface area (Å²) < 4.78 is 6.67. The van der Waals surface area contributed by atoms with Crippen LogP contribution in [0, 0.1) is 0 Å². The van der Waals surface area contributed by atoms with Gasteiger partial charge in [0.25, 0.3) is 5.91 Å². The molecule has 34 heavy (non-hydrogen) atoms. The van der Waals surface area contributed by atoms with Crippen molar-refractivity contribution in [3.8, 4) is 5.75 Å². The Balaban J connectivity index is 2.26. The number of hydrogen-bond acceptors (Lipinski definition) is 3. The number of carbonyl (C=O) groups is 2. The molecule has 2 atom stereocenters. The van der Waals surface area contributed by atoms with E-state index in [0.29, 0.717) is 17.2 Å². The van der Waals surface area contributed by atoms with Crippen LogP contribution in [-0.2, 0) is 21.5 Å². The number of halogens is 2. The van der Waals surface area contributed by atoms with E-state index in [1.54, 1.807) is 11.0 Å². The van der Waals surface area contributed by atoms with Crippen LogP contribution in [0.2, 0.25) is 5.02 Å². The molecule has 0 saturated carbocycles. The topological polar surface area (TPSA) is 58.6 Å². The Labute approximate surface area is 217 Å². The molecule has 0 fully saturated rings. The van der Waals surface area contributed by atoms with E-state index in [1.165, 1.54) is 0 Å². The Bertz CT molecular complexity index is 990. The fourth-order valence-corrected chi connectivity index (χ4v) is 4.17. The number of rotatable bonds is 10. The molecule has 186 valence electrons. The molecule has 2 aromatic rings. The number of amides is 2. The molecule has 2 aromatic carbocycles. The minimum Gasteiger partial charge on any atom is -0.483 e. The van der Waals surface area contributed by atoms with Crippen LogP contribution in [-0.4, -0.2) is 35.4 Å². The summed E-state index contributed by atoms with van der Waals surface area (Å²) in [7, 11) is 0. The molecule has 0 aliphatic carbocycles. The molecule has 0 radical (unpaired) electrons. The lowest BCUT2D eigenvalue weighted by Gasteiger charge is -2.31. The molecule has 2 rings (SSSR count). The van der Waals surface area contributed by atoms with E-state index in [0.717, 1.165) is 22.0 Å². The van der Waals surface area contributed by atoms with Gasteiger partial charge in [0, 0.05) is 17.6 Å². The van der Waals surface area contributed by atoms with Gasteiger partial charge < -0.3 is 15.0 Å². The van der Waals surface area contributed by atoms with Gasteiger partial charge in [0.15, 0.2) is 6.61 Å². The third-order valence-electron chi connectivity index (χ3n) is 5.83. The summed E-state index contributed by atoms with van der Waals surface area (Å²) in [6.07, 6.45) is 1.28. The van der Waals surface area contributed by atoms with Crippen molar-refractivity contribution in [3.05, 3.63) is 63.1 Å². The van der Waals surface area contributed by atoms with Crippen LogP contribution >= 0.6 is 27.5 Å². The standard InChI is InChI=1S/C27H36BrClN2O3/c1-7-18(3)30-26(33)23(8-2)31(16-19-11-9-10-12-22(19)29)25(32)17-34-24-14-13-20(15-21(24)28)27(4,5)6/h9-15,18,23H,7-8,16-17H2,1-6H3,(H,30,33)/t18-,23-/m1/s1. The van der Waals surface area contributed by atoms with Crippen molar-refractivity contribution in [2.24, 2.45) is 0 Å². The second-order valence-corrected chi connectivity index (χ2v) is 10.8. The first-order chi connectivity index (χ1) is 16.0. The molecule has 0 spiro atoms. The lowest BCUT2D eigenvalue weighted by molar-refractivity contribution is -0.143. The predicted molar refractivity (Wildman–Crippen MR) is 142 cm³/mol. The summed E-state index contributed by atoms with van der Waals surface area (Å²) >= 11 is 9.94. The summed E-state index contributed by atoms with van der Waals surface area (Å²) in [5.74, 6) is 0.127. The molecule has 5 nitrogen and oxygen atoms in total. The van der Waals surface area contributed by atoms with Crippen LogP contribution < -0.4 is 10.1 Å². The van der Waals surface area contributed by atoms with E-state index in [1.807, 2.05) is 57.2 Å². The normalized spacial score (nSPS) is 13.2. The molecule has 2 amide bonds. The van der Waals surface area contributed by atoms with Gasteiger partial charge in [0.2, 0.25) is 5.91 Å².